The molecular weight excluding hydrogens is 332 g/mol. The molecule has 10 nitrogen and oxygen atoms in total. The van der Waals surface area contributed by atoms with E-state index in [4.69, 9.17) is 0 Å². The molecule has 0 heterocycles. The van der Waals surface area contributed by atoms with Crippen molar-refractivity contribution in [2.75, 3.05) is 0 Å². The van der Waals surface area contributed by atoms with Crippen LogP contribution in [0.4, 0.5) is 11.4 Å². The summed E-state index contributed by atoms with van der Waals surface area (Å²) in [5.74, 6) is -1.15. The van der Waals surface area contributed by atoms with Crippen molar-refractivity contribution in [3.63, 3.8) is 0 Å². The van der Waals surface area contributed by atoms with Gasteiger partial charge < -0.3 is 8.37 Å². The minimum absolute atomic E-state index is 0.573. The van der Waals surface area contributed by atoms with E-state index in [1.165, 1.54) is 24.3 Å². The predicted molar refractivity (Wildman–Crippen MR) is 76.4 cm³/mol. The van der Waals surface area contributed by atoms with E-state index in [9.17, 15) is 28.6 Å². The monoisotopic (exact) mass is 340 g/mol. The van der Waals surface area contributed by atoms with Crippen LogP contribution in [0.1, 0.15) is 0 Å². The van der Waals surface area contributed by atoms with Crippen molar-refractivity contribution in [1.29, 1.82) is 0 Å². The molecule has 0 amide bonds. The minimum Gasteiger partial charge on any atom is -0.345 e. The zero-order chi connectivity index (χ0) is 17.0. The molecule has 0 aliphatic heterocycles. The first-order chi connectivity index (χ1) is 10.8. The Bertz CT molecular complexity index is 799. The van der Waals surface area contributed by atoms with Crippen LogP contribution in [0.15, 0.2) is 48.5 Å². The first-order valence-corrected chi connectivity index (χ1v) is 7.24. The number of nitro benzene ring substituents is 2. The molecule has 0 unspecified atom stereocenters. The Balaban J connectivity index is 2.31. The quantitative estimate of drug-likeness (QED) is 0.576. The number of nitrogens with zero attached hydrogens (tertiary/aromatic N) is 2. The highest BCUT2D eigenvalue weighted by atomic mass is 32.3. The average molecular weight is 340 g/mol. The van der Waals surface area contributed by atoms with Gasteiger partial charge in [-0.3, -0.25) is 20.2 Å². The summed E-state index contributed by atoms with van der Waals surface area (Å²) in [5.41, 5.74) is -1.19. The highest BCUT2D eigenvalue weighted by molar-refractivity contribution is 7.82. The van der Waals surface area contributed by atoms with E-state index in [0.29, 0.717) is 0 Å². The summed E-state index contributed by atoms with van der Waals surface area (Å²) in [6, 6.07) is 9.47. The Kier molecular flexibility index (Phi) is 4.41. The third kappa shape index (κ3) is 3.91. The van der Waals surface area contributed by atoms with Crippen LogP contribution in [-0.2, 0) is 10.4 Å². The fourth-order valence-electron chi connectivity index (χ4n) is 1.59. The van der Waals surface area contributed by atoms with Crippen LogP contribution in [-0.4, -0.2) is 18.3 Å². The van der Waals surface area contributed by atoms with Gasteiger partial charge in [-0.2, -0.15) is 0 Å². The molecule has 0 radical (unpaired) electrons. The van der Waals surface area contributed by atoms with Crippen LogP contribution < -0.4 is 8.37 Å². The summed E-state index contributed by atoms with van der Waals surface area (Å²) in [5, 5.41) is 21.6. The van der Waals surface area contributed by atoms with E-state index in [1.54, 1.807) is 0 Å². The SMILES string of the molecule is O=[N+]([O-])c1ccccc1OS(=O)(=O)Oc1ccccc1[N+](=O)[O-]. The molecule has 0 spiro atoms. The van der Waals surface area contributed by atoms with Gasteiger partial charge in [0.15, 0.2) is 0 Å². The molecule has 11 heteroatoms. The van der Waals surface area contributed by atoms with E-state index < -0.39 is 43.1 Å². The molecule has 2 aromatic rings. The molecule has 0 atom stereocenters. The van der Waals surface area contributed by atoms with Gasteiger partial charge in [0.1, 0.15) is 0 Å². The second kappa shape index (κ2) is 6.27. The standard InChI is InChI=1S/C12H8N2O8S/c15-13(16)9-5-1-3-7-11(9)21-23(19,20)22-12-8-4-2-6-10(12)14(17)18/h1-8H. The van der Waals surface area contributed by atoms with E-state index >= 15 is 0 Å². The second-order valence-electron chi connectivity index (χ2n) is 4.02. The first kappa shape index (κ1) is 16.2. The molecule has 0 saturated heterocycles. The first-order valence-electron chi connectivity index (χ1n) is 5.91. The van der Waals surface area contributed by atoms with Crippen LogP contribution in [0.3, 0.4) is 0 Å². The molecule has 0 aliphatic carbocycles. The Morgan fingerprint density at radius 1 is 0.739 bits per heavy atom. The molecule has 0 fully saturated rings. The van der Waals surface area contributed by atoms with Crippen LogP contribution in [0.25, 0.3) is 0 Å². The zero-order valence-corrected chi connectivity index (χ0v) is 12.0. The predicted octanol–water partition coefficient (Wildman–Crippen LogP) is 2.21. The number of hydrogen-bond acceptors (Lipinski definition) is 8. The lowest BCUT2D eigenvalue weighted by molar-refractivity contribution is -0.385. The van der Waals surface area contributed by atoms with Crippen LogP contribution >= 0.6 is 0 Å². The van der Waals surface area contributed by atoms with Gasteiger partial charge in [-0.15, -0.1) is 8.42 Å². The largest absolute Gasteiger partial charge is 0.501 e. The van der Waals surface area contributed by atoms with Crippen molar-refractivity contribution in [1.82, 2.24) is 0 Å². The fraction of sp³-hybridized carbons (Fsp3) is 0. The van der Waals surface area contributed by atoms with Gasteiger partial charge in [0.25, 0.3) is 0 Å². The van der Waals surface area contributed by atoms with Gasteiger partial charge >= 0.3 is 21.8 Å². The molecule has 2 rings (SSSR count). The summed E-state index contributed by atoms with van der Waals surface area (Å²) in [6.45, 7) is 0. The van der Waals surface area contributed by atoms with Gasteiger partial charge in [0.05, 0.1) is 9.85 Å². The van der Waals surface area contributed by atoms with E-state index in [1.807, 2.05) is 0 Å². The molecule has 0 N–H and O–H groups in total. The van der Waals surface area contributed by atoms with Crippen molar-refractivity contribution in [3.8, 4) is 11.5 Å². The summed E-state index contributed by atoms with van der Waals surface area (Å²) >= 11 is 0. The van der Waals surface area contributed by atoms with E-state index in [2.05, 4.69) is 8.37 Å². The number of nitro groups is 2. The Labute approximate surface area is 129 Å². The van der Waals surface area contributed by atoms with Gasteiger partial charge in [0, 0.05) is 12.1 Å². The number of benzene rings is 2. The van der Waals surface area contributed by atoms with Gasteiger partial charge in [0.2, 0.25) is 11.5 Å². The minimum atomic E-state index is -4.81. The van der Waals surface area contributed by atoms with Crippen LogP contribution in [0.2, 0.25) is 0 Å². The maximum absolute atomic E-state index is 11.8. The number of hydrogen-bond donors (Lipinski definition) is 0. The Hall–Kier alpha value is -3.21. The smallest absolute Gasteiger partial charge is 0.345 e. The third-order valence-electron chi connectivity index (χ3n) is 2.51. The number of rotatable bonds is 6. The molecule has 23 heavy (non-hydrogen) atoms. The van der Waals surface area contributed by atoms with Crippen LogP contribution in [0.5, 0.6) is 11.5 Å². The zero-order valence-electron chi connectivity index (χ0n) is 11.2. The second-order valence-corrected chi connectivity index (χ2v) is 5.17. The Morgan fingerprint density at radius 2 is 1.09 bits per heavy atom. The molecule has 2 aromatic carbocycles. The lowest BCUT2D eigenvalue weighted by Crippen LogP contribution is -2.17. The van der Waals surface area contributed by atoms with Gasteiger partial charge in [-0.25, -0.2) is 0 Å². The maximum atomic E-state index is 11.8. The van der Waals surface area contributed by atoms with Crippen molar-refractivity contribution >= 4 is 21.8 Å². The van der Waals surface area contributed by atoms with Crippen molar-refractivity contribution in [2.45, 2.75) is 0 Å². The van der Waals surface area contributed by atoms with Crippen molar-refractivity contribution in [3.05, 3.63) is 68.8 Å². The normalized spacial score (nSPS) is 10.8. The molecular formula is C12H8N2O8S. The fourth-order valence-corrected chi connectivity index (χ4v) is 2.35. The van der Waals surface area contributed by atoms with Gasteiger partial charge in [-0.05, 0) is 12.1 Å². The molecule has 0 saturated carbocycles. The summed E-state index contributed by atoms with van der Waals surface area (Å²) in [6.07, 6.45) is 0. The molecule has 0 aromatic heterocycles. The highest BCUT2D eigenvalue weighted by Crippen LogP contribution is 2.30. The van der Waals surface area contributed by atoms with Crippen LogP contribution in [0, 0.1) is 20.2 Å². The average Bonchev–Trinajstić information content (AvgIpc) is 2.47. The summed E-state index contributed by atoms with van der Waals surface area (Å²) in [7, 11) is -4.81. The topological polar surface area (TPSA) is 139 Å². The number of para-hydroxylation sites is 4. The lowest BCUT2D eigenvalue weighted by Gasteiger charge is -2.08. The van der Waals surface area contributed by atoms with Gasteiger partial charge in [-0.1, -0.05) is 24.3 Å². The third-order valence-corrected chi connectivity index (χ3v) is 3.27. The van der Waals surface area contributed by atoms with Crippen molar-refractivity contribution in [2.24, 2.45) is 0 Å². The highest BCUT2D eigenvalue weighted by Gasteiger charge is 2.26. The lowest BCUT2D eigenvalue weighted by atomic mass is 10.3. The van der Waals surface area contributed by atoms with Crippen molar-refractivity contribution < 1.29 is 26.6 Å². The Morgan fingerprint density at radius 3 is 1.43 bits per heavy atom. The van der Waals surface area contributed by atoms with E-state index in [0.717, 1.165) is 24.3 Å². The van der Waals surface area contributed by atoms with E-state index in [-0.39, 0.29) is 0 Å². The maximum Gasteiger partial charge on any atom is 0.501 e. The summed E-state index contributed by atoms with van der Waals surface area (Å²) in [4.78, 5) is 19.9. The molecule has 0 bridgehead atoms. The molecule has 0 aliphatic rings. The molecule has 120 valence electrons. The summed E-state index contributed by atoms with van der Waals surface area (Å²) < 4.78 is 32.7.